The van der Waals surface area contributed by atoms with E-state index < -0.39 is 0 Å². The molecule has 2 aromatic carbocycles. The molecular weight excluding hydrogens is 438 g/mol. The maximum Gasteiger partial charge on any atom is 0.277 e. The van der Waals surface area contributed by atoms with E-state index in [4.69, 9.17) is 4.42 Å². The smallest absolute Gasteiger partial charge is 0.277 e. The molecule has 3 aromatic rings. The Morgan fingerprint density at radius 1 is 1.11 bits per heavy atom. The van der Waals surface area contributed by atoms with Gasteiger partial charge in [0, 0.05) is 10.5 Å². The van der Waals surface area contributed by atoms with Gasteiger partial charge in [-0.15, -0.1) is 10.2 Å². The lowest BCUT2D eigenvalue weighted by atomic mass is 10.1. The fourth-order valence-electron chi connectivity index (χ4n) is 2.67. The van der Waals surface area contributed by atoms with E-state index in [-0.39, 0.29) is 17.2 Å². The van der Waals surface area contributed by atoms with Gasteiger partial charge in [0.15, 0.2) is 0 Å². The highest BCUT2D eigenvalue weighted by Gasteiger charge is 2.20. The predicted molar refractivity (Wildman–Crippen MR) is 115 cm³/mol. The Morgan fingerprint density at radius 3 is 2.57 bits per heavy atom. The molecule has 5 nitrogen and oxygen atoms in total. The van der Waals surface area contributed by atoms with Crippen LogP contribution in [0.1, 0.15) is 25.8 Å². The van der Waals surface area contributed by atoms with Crippen LogP contribution in [0.15, 0.2) is 68.7 Å². The molecule has 0 saturated heterocycles. The van der Waals surface area contributed by atoms with Gasteiger partial charge in [0.05, 0.1) is 10.8 Å². The van der Waals surface area contributed by atoms with Crippen molar-refractivity contribution in [3.63, 3.8) is 0 Å². The zero-order valence-corrected chi connectivity index (χ0v) is 18.2. The summed E-state index contributed by atoms with van der Waals surface area (Å²) in [6.45, 7) is 3.86. The summed E-state index contributed by atoms with van der Waals surface area (Å²) in [5.74, 6) is 0.394. The van der Waals surface area contributed by atoms with E-state index in [0.717, 1.165) is 22.9 Å². The van der Waals surface area contributed by atoms with Crippen LogP contribution in [0.4, 0.5) is 0 Å². The van der Waals surface area contributed by atoms with E-state index >= 15 is 0 Å². The molecule has 7 heteroatoms. The fourth-order valence-corrected chi connectivity index (χ4v) is 3.81. The van der Waals surface area contributed by atoms with Crippen LogP contribution in [0.25, 0.3) is 11.5 Å². The van der Waals surface area contributed by atoms with Gasteiger partial charge in [-0.25, -0.2) is 0 Å². The average Bonchev–Trinajstić information content (AvgIpc) is 3.15. The summed E-state index contributed by atoms with van der Waals surface area (Å²) in [5, 5.41) is 11.3. The third-order valence-corrected chi connectivity index (χ3v) is 5.88. The Kier molecular flexibility index (Phi) is 7.28. The number of halogens is 1. The Morgan fingerprint density at radius 2 is 1.82 bits per heavy atom. The minimum atomic E-state index is -0.327. The van der Waals surface area contributed by atoms with Gasteiger partial charge in [-0.1, -0.05) is 54.2 Å². The summed E-state index contributed by atoms with van der Waals surface area (Å²) in [7, 11) is 0. The minimum Gasteiger partial charge on any atom is -0.411 e. The molecule has 0 aliphatic rings. The number of aromatic nitrogens is 2. The predicted octanol–water partition coefficient (Wildman–Crippen LogP) is 5.12. The first-order chi connectivity index (χ1) is 13.5. The molecule has 2 atom stereocenters. The van der Waals surface area contributed by atoms with Crippen molar-refractivity contribution < 1.29 is 9.21 Å². The highest BCUT2D eigenvalue weighted by Crippen LogP contribution is 2.30. The van der Waals surface area contributed by atoms with Crippen LogP contribution in [0.5, 0.6) is 0 Å². The molecule has 0 radical (unpaired) electrons. The number of hydrogen-bond donors (Lipinski definition) is 1. The number of aryl methyl sites for hydroxylation is 1. The van der Waals surface area contributed by atoms with E-state index in [9.17, 15) is 4.79 Å². The van der Waals surface area contributed by atoms with Gasteiger partial charge in [-0.05, 0) is 60.3 Å². The molecule has 0 fully saturated rings. The quantitative estimate of drug-likeness (QED) is 0.473. The molecular formula is C21H22BrN3O2S. The molecule has 3 rings (SSSR count). The van der Waals surface area contributed by atoms with E-state index in [1.165, 1.54) is 17.3 Å². The van der Waals surface area contributed by atoms with Crippen molar-refractivity contribution in [1.29, 1.82) is 0 Å². The second kappa shape index (κ2) is 9.89. The average molecular weight is 460 g/mol. The first-order valence-corrected chi connectivity index (χ1v) is 10.8. The molecule has 1 heterocycles. The number of nitrogens with zero attached hydrogens (tertiary/aromatic N) is 2. The van der Waals surface area contributed by atoms with Crippen molar-refractivity contribution in [2.45, 2.75) is 43.2 Å². The standard InChI is InChI=1S/C21H22BrN3O2S/c1-14(12-13-16-8-4-3-5-9-16)23-19(26)15(2)28-21-25-24-20(27-21)17-10-6-7-11-18(17)22/h3-11,14-15H,12-13H2,1-2H3,(H,23,26)/t14-,15-/m1/s1. The third kappa shape index (κ3) is 5.69. The van der Waals surface area contributed by atoms with Gasteiger partial charge in [-0.2, -0.15) is 0 Å². The second-order valence-electron chi connectivity index (χ2n) is 6.55. The maximum atomic E-state index is 12.5. The number of amides is 1. The Bertz CT molecular complexity index is 917. The molecule has 0 saturated carbocycles. The maximum absolute atomic E-state index is 12.5. The third-order valence-electron chi connectivity index (χ3n) is 4.26. The van der Waals surface area contributed by atoms with Gasteiger partial charge in [0.2, 0.25) is 11.8 Å². The van der Waals surface area contributed by atoms with Gasteiger partial charge in [0.25, 0.3) is 5.22 Å². The van der Waals surface area contributed by atoms with Crippen LogP contribution in [0.2, 0.25) is 0 Å². The fraction of sp³-hybridized carbons (Fsp3) is 0.286. The molecule has 28 heavy (non-hydrogen) atoms. The van der Waals surface area contributed by atoms with Crippen LogP contribution in [0, 0.1) is 0 Å². The highest BCUT2D eigenvalue weighted by atomic mass is 79.9. The monoisotopic (exact) mass is 459 g/mol. The van der Waals surface area contributed by atoms with Crippen molar-refractivity contribution in [3.05, 3.63) is 64.6 Å². The second-order valence-corrected chi connectivity index (χ2v) is 8.69. The normalized spacial score (nSPS) is 13.1. The van der Waals surface area contributed by atoms with Gasteiger partial charge in [-0.3, -0.25) is 4.79 Å². The van der Waals surface area contributed by atoms with Crippen LogP contribution < -0.4 is 5.32 Å². The number of carbonyl (C=O) groups is 1. The van der Waals surface area contributed by atoms with Crippen molar-refractivity contribution in [1.82, 2.24) is 15.5 Å². The summed E-state index contributed by atoms with van der Waals surface area (Å²) in [5.41, 5.74) is 2.10. The Hall–Kier alpha value is -2.12. The summed E-state index contributed by atoms with van der Waals surface area (Å²) in [6.07, 6.45) is 1.82. The van der Waals surface area contributed by atoms with E-state index in [0.29, 0.717) is 11.1 Å². The Balaban J connectivity index is 1.51. The van der Waals surface area contributed by atoms with Crippen LogP contribution >= 0.6 is 27.7 Å². The molecule has 1 N–H and O–H groups in total. The van der Waals surface area contributed by atoms with Crippen molar-refractivity contribution >= 4 is 33.6 Å². The zero-order valence-electron chi connectivity index (χ0n) is 15.8. The molecule has 1 aromatic heterocycles. The summed E-state index contributed by atoms with van der Waals surface area (Å²) < 4.78 is 6.60. The largest absolute Gasteiger partial charge is 0.411 e. The van der Waals surface area contributed by atoms with Crippen LogP contribution in [0.3, 0.4) is 0 Å². The molecule has 0 aliphatic heterocycles. The van der Waals surface area contributed by atoms with Crippen molar-refractivity contribution in [3.8, 4) is 11.5 Å². The van der Waals surface area contributed by atoms with Crippen LogP contribution in [-0.2, 0) is 11.2 Å². The molecule has 146 valence electrons. The zero-order chi connectivity index (χ0) is 19.9. The van der Waals surface area contributed by atoms with Gasteiger partial charge < -0.3 is 9.73 Å². The van der Waals surface area contributed by atoms with Gasteiger partial charge in [0.1, 0.15) is 0 Å². The number of carbonyl (C=O) groups excluding carboxylic acids is 1. The summed E-state index contributed by atoms with van der Waals surface area (Å²) in [6, 6.07) is 18.0. The number of rotatable bonds is 8. The minimum absolute atomic E-state index is 0.0359. The number of benzene rings is 2. The highest BCUT2D eigenvalue weighted by molar-refractivity contribution is 9.10. The summed E-state index contributed by atoms with van der Waals surface area (Å²) >= 11 is 4.74. The molecule has 1 amide bonds. The van der Waals surface area contributed by atoms with E-state index in [2.05, 4.69) is 43.6 Å². The lowest BCUT2D eigenvalue weighted by Gasteiger charge is -2.16. The first kappa shape index (κ1) is 20.6. The lowest BCUT2D eigenvalue weighted by Crippen LogP contribution is -2.37. The molecule has 0 spiro atoms. The van der Waals surface area contributed by atoms with E-state index in [1.54, 1.807) is 0 Å². The van der Waals surface area contributed by atoms with Gasteiger partial charge >= 0.3 is 0 Å². The molecule has 0 aliphatic carbocycles. The summed E-state index contributed by atoms with van der Waals surface area (Å²) in [4.78, 5) is 12.5. The number of nitrogens with one attached hydrogen (secondary N) is 1. The van der Waals surface area contributed by atoms with E-state index in [1.807, 2.05) is 56.3 Å². The topological polar surface area (TPSA) is 68.0 Å². The van der Waals surface area contributed by atoms with Crippen molar-refractivity contribution in [2.24, 2.45) is 0 Å². The number of hydrogen-bond acceptors (Lipinski definition) is 5. The van der Waals surface area contributed by atoms with Crippen LogP contribution in [-0.4, -0.2) is 27.4 Å². The number of thioether (sulfide) groups is 1. The lowest BCUT2D eigenvalue weighted by molar-refractivity contribution is -0.120. The van der Waals surface area contributed by atoms with Crippen molar-refractivity contribution in [2.75, 3.05) is 0 Å². The molecule has 0 unspecified atom stereocenters. The SMILES string of the molecule is C[C@H](CCc1ccccc1)NC(=O)[C@@H](C)Sc1nnc(-c2ccccc2Br)o1. The first-order valence-electron chi connectivity index (χ1n) is 9.12. The molecule has 0 bridgehead atoms. The Labute approximate surface area is 177 Å².